The highest BCUT2D eigenvalue weighted by atomic mass is 19.3. The Labute approximate surface area is 101 Å². The molecule has 17 heavy (non-hydrogen) atoms. The quantitative estimate of drug-likeness (QED) is 0.856. The highest BCUT2D eigenvalue weighted by molar-refractivity contribution is 5.27. The fraction of sp³-hybridized carbons (Fsp3) is 0.571. The lowest BCUT2D eigenvalue weighted by molar-refractivity contribution is -0.124. The fourth-order valence-electron chi connectivity index (χ4n) is 2.77. The van der Waals surface area contributed by atoms with Crippen LogP contribution in [0.15, 0.2) is 24.3 Å². The van der Waals surface area contributed by atoms with Crippen molar-refractivity contribution >= 4 is 0 Å². The molecule has 1 aromatic rings. The van der Waals surface area contributed by atoms with Gasteiger partial charge in [0.15, 0.2) is 0 Å². The standard InChI is InChI=1S/C14H19F2N/c1-11-4-6-12(7-5-11)14(15,16)13(10-17)8-2-3-9-13/h4-7H,2-3,8-10,17H2,1H3. The zero-order valence-electron chi connectivity index (χ0n) is 10.2. The van der Waals surface area contributed by atoms with Gasteiger partial charge >= 0.3 is 0 Å². The highest BCUT2D eigenvalue weighted by Gasteiger charge is 2.54. The fourth-order valence-corrected chi connectivity index (χ4v) is 2.77. The highest BCUT2D eigenvalue weighted by Crippen LogP contribution is 2.54. The Morgan fingerprint density at radius 1 is 1.18 bits per heavy atom. The first kappa shape index (κ1) is 12.5. The van der Waals surface area contributed by atoms with E-state index in [-0.39, 0.29) is 12.1 Å². The lowest BCUT2D eigenvalue weighted by atomic mass is 9.76. The van der Waals surface area contributed by atoms with Crippen LogP contribution in [0.3, 0.4) is 0 Å². The molecule has 0 radical (unpaired) electrons. The van der Waals surface area contributed by atoms with Crippen LogP contribution in [0, 0.1) is 12.3 Å². The summed E-state index contributed by atoms with van der Waals surface area (Å²) in [5.74, 6) is -2.81. The van der Waals surface area contributed by atoms with E-state index >= 15 is 0 Å². The van der Waals surface area contributed by atoms with Crippen LogP contribution in [0.4, 0.5) is 8.78 Å². The second-order valence-electron chi connectivity index (χ2n) is 5.13. The summed E-state index contributed by atoms with van der Waals surface area (Å²) >= 11 is 0. The van der Waals surface area contributed by atoms with Gasteiger partial charge in [0.2, 0.25) is 0 Å². The zero-order valence-corrected chi connectivity index (χ0v) is 10.2. The Bertz CT molecular complexity index is 378. The normalized spacial score (nSPS) is 19.5. The van der Waals surface area contributed by atoms with Crippen LogP contribution in [-0.2, 0) is 5.92 Å². The molecule has 1 fully saturated rings. The molecule has 2 N–H and O–H groups in total. The van der Waals surface area contributed by atoms with Gasteiger partial charge in [0.05, 0.1) is 5.41 Å². The number of alkyl halides is 2. The molecule has 0 amide bonds. The Morgan fingerprint density at radius 3 is 2.18 bits per heavy atom. The lowest BCUT2D eigenvalue weighted by Gasteiger charge is -2.36. The molecule has 0 aliphatic heterocycles. The van der Waals surface area contributed by atoms with Gasteiger partial charge in [-0.3, -0.25) is 0 Å². The molecule has 2 rings (SSSR count). The first-order chi connectivity index (χ1) is 8.02. The molecule has 3 heteroatoms. The number of aryl methyl sites for hydroxylation is 1. The smallest absolute Gasteiger partial charge is 0.279 e. The topological polar surface area (TPSA) is 26.0 Å². The van der Waals surface area contributed by atoms with Crippen LogP contribution < -0.4 is 5.73 Å². The average molecular weight is 239 g/mol. The predicted molar refractivity (Wildman–Crippen MR) is 65.0 cm³/mol. The van der Waals surface area contributed by atoms with E-state index in [4.69, 9.17) is 5.73 Å². The summed E-state index contributed by atoms with van der Waals surface area (Å²) in [6.07, 6.45) is 2.78. The van der Waals surface area contributed by atoms with E-state index in [2.05, 4.69) is 0 Å². The van der Waals surface area contributed by atoms with Crippen molar-refractivity contribution in [3.8, 4) is 0 Å². The van der Waals surface area contributed by atoms with Gasteiger partial charge < -0.3 is 5.73 Å². The summed E-state index contributed by atoms with van der Waals surface area (Å²) in [6, 6.07) is 6.54. The van der Waals surface area contributed by atoms with Crippen molar-refractivity contribution < 1.29 is 8.78 Å². The van der Waals surface area contributed by atoms with E-state index in [0.29, 0.717) is 12.8 Å². The van der Waals surface area contributed by atoms with Gasteiger partial charge in [0.25, 0.3) is 5.92 Å². The zero-order chi connectivity index (χ0) is 12.5. The van der Waals surface area contributed by atoms with Gasteiger partial charge in [-0.05, 0) is 19.8 Å². The summed E-state index contributed by atoms with van der Waals surface area (Å²) in [4.78, 5) is 0. The van der Waals surface area contributed by atoms with E-state index in [0.717, 1.165) is 18.4 Å². The van der Waals surface area contributed by atoms with Crippen LogP contribution in [0.25, 0.3) is 0 Å². The second kappa shape index (κ2) is 4.37. The Balaban J connectivity index is 2.37. The minimum absolute atomic E-state index is 0.0634. The molecule has 0 bridgehead atoms. The molecule has 0 heterocycles. The largest absolute Gasteiger partial charge is 0.330 e. The maximum Gasteiger partial charge on any atom is 0.279 e. The molecule has 1 aliphatic carbocycles. The van der Waals surface area contributed by atoms with Crippen LogP contribution in [0.5, 0.6) is 0 Å². The van der Waals surface area contributed by atoms with Crippen molar-refractivity contribution in [3.63, 3.8) is 0 Å². The monoisotopic (exact) mass is 239 g/mol. The summed E-state index contributed by atoms with van der Waals surface area (Å²) in [7, 11) is 0. The molecule has 1 aliphatic rings. The minimum Gasteiger partial charge on any atom is -0.330 e. The van der Waals surface area contributed by atoms with Crippen molar-refractivity contribution in [1.29, 1.82) is 0 Å². The molecule has 0 aromatic heterocycles. The SMILES string of the molecule is Cc1ccc(C(F)(F)C2(CN)CCCC2)cc1. The molecule has 1 aromatic carbocycles. The van der Waals surface area contributed by atoms with Gasteiger partial charge in [-0.15, -0.1) is 0 Å². The number of nitrogens with two attached hydrogens (primary N) is 1. The van der Waals surface area contributed by atoms with Crippen molar-refractivity contribution in [2.24, 2.45) is 11.1 Å². The van der Waals surface area contributed by atoms with Crippen LogP contribution in [0.2, 0.25) is 0 Å². The number of rotatable bonds is 3. The van der Waals surface area contributed by atoms with Crippen molar-refractivity contribution in [3.05, 3.63) is 35.4 Å². The number of benzene rings is 1. The van der Waals surface area contributed by atoms with Crippen LogP contribution >= 0.6 is 0 Å². The number of hydrogen-bond donors (Lipinski definition) is 1. The van der Waals surface area contributed by atoms with Gasteiger partial charge in [0, 0.05) is 12.1 Å². The summed E-state index contributed by atoms with van der Waals surface area (Å²) in [6.45, 7) is 1.96. The van der Waals surface area contributed by atoms with E-state index in [1.165, 1.54) is 12.1 Å². The number of halogens is 2. The van der Waals surface area contributed by atoms with E-state index in [1.54, 1.807) is 12.1 Å². The summed E-state index contributed by atoms with van der Waals surface area (Å²) < 4.78 is 29.1. The molecule has 94 valence electrons. The van der Waals surface area contributed by atoms with Gasteiger partial charge in [-0.25, -0.2) is 8.78 Å². The van der Waals surface area contributed by atoms with Gasteiger partial charge in [0.1, 0.15) is 0 Å². The Hall–Kier alpha value is -0.960. The van der Waals surface area contributed by atoms with Crippen molar-refractivity contribution in [2.75, 3.05) is 6.54 Å². The van der Waals surface area contributed by atoms with Crippen LogP contribution in [-0.4, -0.2) is 6.54 Å². The molecular formula is C14H19F2N. The Morgan fingerprint density at radius 2 is 1.71 bits per heavy atom. The Kier molecular flexibility index (Phi) is 3.21. The molecule has 0 unspecified atom stereocenters. The summed E-state index contributed by atoms with van der Waals surface area (Å²) in [5.41, 5.74) is 5.72. The van der Waals surface area contributed by atoms with Crippen LogP contribution in [0.1, 0.15) is 36.8 Å². The predicted octanol–water partition coefficient (Wildman–Crippen LogP) is 3.61. The third-order valence-electron chi connectivity index (χ3n) is 4.03. The molecule has 1 nitrogen and oxygen atoms in total. The maximum atomic E-state index is 14.6. The first-order valence-corrected chi connectivity index (χ1v) is 6.17. The van der Waals surface area contributed by atoms with E-state index in [1.807, 2.05) is 6.92 Å². The third-order valence-corrected chi connectivity index (χ3v) is 4.03. The molecule has 0 spiro atoms. The first-order valence-electron chi connectivity index (χ1n) is 6.17. The maximum absolute atomic E-state index is 14.6. The number of hydrogen-bond acceptors (Lipinski definition) is 1. The molecule has 0 atom stereocenters. The second-order valence-corrected chi connectivity index (χ2v) is 5.13. The van der Waals surface area contributed by atoms with E-state index < -0.39 is 11.3 Å². The van der Waals surface area contributed by atoms with E-state index in [9.17, 15) is 8.78 Å². The van der Waals surface area contributed by atoms with Crippen molar-refractivity contribution in [2.45, 2.75) is 38.5 Å². The molecule has 1 saturated carbocycles. The minimum atomic E-state index is -2.81. The molecule has 0 saturated heterocycles. The van der Waals surface area contributed by atoms with Gasteiger partial charge in [-0.1, -0.05) is 42.7 Å². The summed E-state index contributed by atoms with van der Waals surface area (Å²) in [5, 5.41) is 0. The lowest BCUT2D eigenvalue weighted by Crippen LogP contribution is -2.43. The third kappa shape index (κ3) is 1.97. The molecular weight excluding hydrogens is 220 g/mol. The average Bonchev–Trinajstić information content (AvgIpc) is 2.79. The van der Waals surface area contributed by atoms with Gasteiger partial charge in [-0.2, -0.15) is 0 Å². The van der Waals surface area contributed by atoms with Crippen molar-refractivity contribution in [1.82, 2.24) is 0 Å².